The van der Waals surface area contributed by atoms with Gasteiger partial charge in [-0.2, -0.15) is 0 Å². The van der Waals surface area contributed by atoms with E-state index in [0.717, 1.165) is 33.9 Å². The first-order valence-electron chi connectivity index (χ1n) is 8.84. The van der Waals surface area contributed by atoms with Crippen LogP contribution in [0.3, 0.4) is 0 Å². The fraction of sp³-hybridized carbons (Fsp3) is 0.174. The summed E-state index contributed by atoms with van der Waals surface area (Å²) in [5.41, 5.74) is 3.14. The van der Waals surface area contributed by atoms with E-state index in [1.165, 1.54) is 16.9 Å². The summed E-state index contributed by atoms with van der Waals surface area (Å²) < 4.78 is 11.3. The summed E-state index contributed by atoms with van der Waals surface area (Å²) >= 11 is 1.44. The molecule has 0 radical (unpaired) electrons. The summed E-state index contributed by atoms with van der Waals surface area (Å²) in [6, 6.07) is 17.6. The van der Waals surface area contributed by atoms with Crippen molar-refractivity contribution < 1.29 is 14.3 Å². The van der Waals surface area contributed by atoms with Gasteiger partial charge in [-0.05, 0) is 59.3 Å². The monoisotopic (exact) mass is 378 g/mol. The van der Waals surface area contributed by atoms with Gasteiger partial charge >= 0.3 is 0 Å². The number of ketones is 1. The van der Waals surface area contributed by atoms with Gasteiger partial charge in [-0.1, -0.05) is 37.3 Å². The van der Waals surface area contributed by atoms with E-state index in [9.17, 15) is 4.79 Å². The number of benzene rings is 2. The smallest absolute Gasteiger partial charge is 0.195 e. The quantitative estimate of drug-likeness (QED) is 0.367. The molecule has 2 aromatic carbocycles. The fourth-order valence-corrected chi connectivity index (χ4v) is 3.32. The van der Waals surface area contributed by atoms with E-state index in [0.29, 0.717) is 6.61 Å². The lowest BCUT2D eigenvalue weighted by Gasteiger charge is -2.11. The average molecular weight is 378 g/mol. The van der Waals surface area contributed by atoms with Gasteiger partial charge in [-0.15, -0.1) is 11.3 Å². The van der Waals surface area contributed by atoms with E-state index in [-0.39, 0.29) is 5.78 Å². The number of methoxy groups -OCH3 is 1. The van der Waals surface area contributed by atoms with Gasteiger partial charge < -0.3 is 9.47 Å². The molecule has 1 aromatic heterocycles. The third-order valence-electron chi connectivity index (χ3n) is 4.22. The number of hydrogen-bond acceptors (Lipinski definition) is 4. The van der Waals surface area contributed by atoms with Crippen LogP contribution in [0.4, 0.5) is 0 Å². The summed E-state index contributed by atoms with van der Waals surface area (Å²) in [5, 5.41) is 1.90. The molecule has 0 fully saturated rings. The molecule has 0 bridgehead atoms. The van der Waals surface area contributed by atoms with Gasteiger partial charge in [0.1, 0.15) is 18.1 Å². The molecule has 0 aliphatic rings. The second kappa shape index (κ2) is 9.19. The van der Waals surface area contributed by atoms with Crippen molar-refractivity contribution in [2.45, 2.75) is 20.0 Å². The molecule has 4 heteroatoms. The summed E-state index contributed by atoms with van der Waals surface area (Å²) in [4.78, 5) is 12.9. The molecule has 138 valence electrons. The summed E-state index contributed by atoms with van der Waals surface area (Å²) in [6.07, 6.45) is 4.43. The van der Waals surface area contributed by atoms with E-state index in [1.54, 1.807) is 13.2 Å². The third-order valence-corrected chi connectivity index (χ3v) is 5.11. The van der Waals surface area contributed by atoms with Gasteiger partial charge in [0.05, 0.1) is 12.0 Å². The highest BCUT2D eigenvalue weighted by molar-refractivity contribution is 7.12. The second-order valence-electron chi connectivity index (χ2n) is 6.03. The Morgan fingerprint density at radius 3 is 2.59 bits per heavy atom. The highest BCUT2D eigenvalue weighted by atomic mass is 32.1. The SMILES string of the molecule is CCc1ccc(OCc2cc(/C=C/C(=O)c3cccs3)ccc2OC)cc1. The van der Waals surface area contributed by atoms with Crippen LogP contribution in [0.15, 0.2) is 66.1 Å². The number of rotatable bonds is 8. The zero-order valence-electron chi connectivity index (χ0n) is 15.5. The van der Waals surface area contributed by atoms with E-state index < -0.39 is 0 Å². The molecule has 3 rings (SSSR count). The zero-order valence-corrected chi connectivity index (χ0v) is 16.3. The Hall–Kier alpha value is -2.85. The molecule has 0 atom stereocenters. The van der Waals surface area contributed by atoms with E-state index >= 15 is 0 Å². The van der Waals surface area contributed by atoms with Crippen molar-refractivity contribution in [2.24, 2.45) is 0 Å². The van der Waals surface area contributed by atoms with Crippen LogP contribution in [-0.4, -0.2) is 12.9 Å². The third kappa shape index (κ3) is 5.08. The minimum Gasteiger partial charge on any atom is -0.496 e. The lowest BCUT2D eigenvalue weighted by atomic mass is 10.1. The van der Waals surface area contributed by atoms with Crippen LogP contribution >= 0.6 is 11.3 Å². The van der Waals surface area contributed by atoms with E-state index in [4.69, 9.17) is 9.47 Å². The first kappa shape index (κ1) is 18.9. The Kier molecular flexibility index (Phi) is 6.44. The first-order chi connectivity index (χ1) is 13.2. The molecule has 0 aliphatic carbocycles. The van der Waals surface area contributed by atoms with Crippen LogP contribution in [0.5, 0.6) is 11.5 Å². The van der Waals surface area contributed by atoms with Gasteiger partial charge in [0.2, 0.25) is 0 Å². The number of thiophene rings is 1. The lowest BCUT2D eigenvalue weighted by molar-refractivity contribution is 0.105. The summed E-state index contributed by atoms with van der Waals surface area (Å²) in [5.74, 6) is 1.60. The number of ether oxygens (including phenoxy) is 2. The zero-order chi connectivity index (χ0) is 19.1. The van der Waals surface area contributed by atoms with Crippen molar-refractivity contribution in [1.29, 1.82) is 0 Å². The van der Waals surface area contributed by atoms with Crippen molar-refractivity contribution in [3.63, 3.8) is 0 Å². The van der Waals surface area contributed by atoms with Crippen molar-refractivity contribution in [3.8, 4) is 11.5 Å². The number of aryl methyl sites for hydroxylation is 1. The van der Waals surface area contributed by atoms with Gasteiger partial charge in [-0.3, -0.25) is 4.79 Å². The van der Waals surface area contributed by atoms with Crippen molar-refractivity contribution >= 4 is 23.2 Å². The lowest BCUT2D eigenvalue weighted by Crippen LogP contribution is -1.99. The van der Waals surface area contributed by atoms with Gasteiger partial charge in [0.25, 0.3) is 0 Å². The van der Waals surface area contributed by atoms with E-state index in [2.05, 4.69) is 19.1 Å². The fourth-order valence-electron chi connectivity index (χ4n) is 2.67. The van der Waals surface area contributed by atoms with Crippen molar-refractivity contribution in [2.75, 3.05) is 7.11 Å². The Morgan fingerprint density at radius 2 is 1.93 bits per heavy atom. The maximum absolute atomic E-state index is 12.1. The average Bonchev–Trinajstić information content (AvgIpc) is 3.26. The number of hydrogen-bond donors (Lipinski definition) is 0. The van der Waals surface area contributed by atoms with E-state index in [1.807, 2.05) is 53.9 Å². The minimum absolute atomic E-state index is 0.00892. The number of allylic oxidation sites excluding steroid dienone is 1. The molecular formula is C23H22O3S. The molecule has 3 aromatic rings. The molecule has 0 spiro atoms. The standard InChI is InChI=1S/C23H22O3S/c1-3-17-6-10-20(11-7-17)26-16-19-15-18(9-13-22(19)25-2)8-12-21(24)23-5-4-14-27-23/h4-15H,3,16H2,1-2H3/b12-8+. The van der Waals surface area contributed by atoms with Crippen LogP contribution in [0.25, 0.3) is 6.08 Å². The largest absolute Gasteiger partial charge is 0.496 e. The van der Waals surface area contributed by atoms with Crippen molar-refractivity contribution in [1.82, 2.24) is 0 Å². The van der Waals surface area contributed by atoms with Crippen LogP contribution in [0, 0.1) is 0 Å². The maximum Gasteiger partial charge on any atom is 0.195 e. The summed E-state index contributed by atoms with van der Waals surface area (Å²) in [6.45, 7) is 2.53. The molecule has 0 saturated carbocycles. The van der Waals surface area contributed by atoms with Crippen LogP contribution < -0.4 is 9.47 Å². The second-order valence-corrected chi connectivity index (χ2v) is 6.98. The Labute approximate surface area is 163 Å². The Balaban J connectivity index is 1.71. The highest BCUT2D eigenvalue weighted by Gasteiger charge is 2.06. The van der Waals surface area contributed by atoms with Gasteiger partial charge in [0.15, 0.2) is 5.78 Å². The molecular weight excluding hydrogens is 356 g/mol. The molecule has 1 heterocycles. The molecule has 0 aliphatic heterocycles. The van der Waals surface area contributed by atoms with Crippen molar-refractivity contribution in [3.05, 3.63) is 87.6 Å². The maximum atomic E-state index is 12.1. The molecule has 0 N–H and O–H groups in total. The molecule has 0 saturated heterocycles. The Bertz CT molecular complexity index is 909. The molecule has 3 nitrogen and oxygen atoms in total. The molecule has 0 amide bonds. The predicted molar refractivity (Wildman–Crippen MR) is 111 cm³/mol. The summed E-state index contributed by atoms with van der Waals surface area (Å²) in [7, 11) is 1.64. The van der Waals surface area contributed by atoms with Gasteiger partial charge in [0, 0.05) is 5.56 Å². The van der Waals surface area contributed by atoms with Crippen LogP contribution in [0.2, 0.25) is 0 Å². The number of carbonyl (C=O) groups is 1. The predicted octanol–water partition coefficient (Wildman–Crippen LogP) is 5.79. The molecule has 0 unspecified atom stereocenters. The van der Waals surface area contributed by atoms with Crippen LogP contribution in [-0.2, 0) is 13.0 Å². The number of carbonyl (C=O) groups excluding carboxylic acids is 1. The van der Waals surface area contributed by atoms with Crippen LogP contribution in [0.1, 0.15) is 33.3 Å². The first-order valence-corrected chi connectivity index (χ1v) is 9.72. The highest BCUT2D eigenvalue weighted by Crippen LogP contribution is 2.23. The van der Waals surface area contributed by atoms with Gasteiger partial charge in [-0.25, -0.2) is 0 Å². The normalized spacial score (nSPS) is 10.9. The Morgan fingerprint density at radius 1 is 1.11 bits per heavy atom. The molecule has 27 heavy (non-hydrogen) atoms. The topological polar surface area (TPSA) is 35.5 Å². The minimum atomic E-state index is 0.00892.